The third kappa shape index (κ3) is 4.28. The van der Waals surface area contributed by atoms with Crippen molar-refractivity contribution >= 4 is 35.1 Å². The van der Waals surface area contributed by atoms with Crippen molar-refractivity contribution in [1.29, 1.82) is 0 Å². The number of ketones is 4. The van der Waals surface area contributed by atoms with Gasteiger partial charge in [0.25, 0.3) is 0 Å². The zero-order valence-electron chi connectivity index (χ0n) is 28.8. The molecular formula is C38H34O14. The Morgan fingerprint density at radius 1 is 0.827 bits per heavy atom. The summed E-state index contributed by atoms with van der Waals surface area (Å²) >= 11 is 0. The van der Waals surface area contributed by atoms with E-state index in [4.69, 9.17) is 14.2 Å². The van der Waals surface area contributed by atoms with Gasteiger partial charge >= 0.3 is 11.9 Å². The van der Waals surface area contributed by atoms with Gasteiger partial charge in [-0.2, -0.15) is 0 Å². The van der Waals surface area contributed by atoms with Crippen LogP contribution in [0.1, 0.15) is 112 Å². The van der Waals surface area contributed by atoms with Crippen LogP contribution in [0.5, 0.6) is 17.2 Å². The van der Waals surface area contributed by atoms with Crippen LogP contribution in [-0.2, 0) is 28.6 Å². The van der Waals surface area contributed by atoms with E-state index >= 15 is 0 Å². The fraction of sp³-hybridized carbons (Fsp3) is 0.368. The van der Waals surface area contributed by atoms with Crippen LogP contribution >= 0.6 is 0 Å². The zero-order chi connectivity index (χ0) is 38.1. The Bertz CT molecular complexity index is 2230. The van der Waals surface area contributed by atoms with Crippen LogP contribution in [-0.4, -0.2) is 83.5 Å². The number of epoxide rings is 1. The van der Waals surface area contributed by atoms with E-state index in [0.29, 0.717) is 5.56 Å². The van der Waals surface area contributed by atoms with Crippen LogP contribution in [0, 0.1) is 12.8 Å². The zero-order valence-corrected chi connectivity index (χ0v) is 28.8. The lowest BCUT2D eigenvalue weighted by Gasteiger charge is -2.46. The predicted octanol–water partition coefficient (Wildman–Crippen LogP) is 3.21. The highest BCUT2D eigenvalue weighted by Crippen LogP contribution is 2.71. The standard InChI is InChI=1S/C38H34O14/c1-13-11-22(41)27-28(24(13)14(2)50-16(4)39)31(45)20-9-7-18(29(43)25(20)32(27)46)19-8-10-21-26(30(19)44)35(48)37-23(42)12-36(6,49)33(15(3)51-17(5)40)38(37,52-37)34(21)47/h7-11,14-15,33,35,41,43-44,48-49H,12H2,1-6H3/t14-,15-,33+,35?,36+,37-,38+/m1/s1. The van der Waals surface area contributed by atoms with E-state index in [1.54, 1.807) is 6.92 Å². The highest BCUT2D eigenvalue weighted by atomic mass is 16.7. The lowest BCUT2D eigenvalue weighted by molar-refractivity contribution is -0.162. The normalized spacial score (nSPS) is 28.1. The van der Waals surface area contributed by atoms with Gasteiger partial charge in [0.2, 0.25) is 5.78 Å². The Balaban J connectivity index is 1.36. The molecule has 0 bridgehead atoms. The van der Waals surface area contributed by atoms with Crippen molar-refractivity contribution in [2.75, 3.05) is 0 Å². The molecule has 0 spiro atoms. The summed E-state index contributed by atoms with van der Waals surface area (Å²) < 4.78 is 16.5. The number of aliphatic hydroxyl groups excluding tert-OH is 1. The van der Waals surface area contributed by atoms with Crippen molar-refractivity contribution in [2.45, 2.75) is 83.1 Å². The molecule has 2 fully saturated rings. The molecule has 7 rings (SSSR count). The number of esters is 2. The number of fused-ring (bicyclic) bond motifs is 3. The predicted molar refractivity (Wildman–Crippen MR) is 176 cm³/mol. The molecule has 4 aliphatic rings. The molecule has 0 radical (unpaired) electrons. The third-order valence-electron chi connectivity index (χ3n) is 10.8. The molecule has 270 valence electrons. The number of aliphatic hydroxyl groups is 2. The molecule has 3 aromatic rings. The van der Waals surface area contributed by atoms with Gasteiger partial charge in [-0.05, 0) is 57.5 Å². The first-order valence-electron chi connectivity index (χ1n) is 16.5. The van der Waals surface area contributed by atoms with Crippen LogP contribution in [0.3, 0.4) is 0 Å². The monoisotopic (exact) mass is 714 g/mol. The minimum Gasteiger partial charge on any atom is -0.507 e. The molecule has 1 saturated heterocycles. The summed E-state index contributed by atoms with van der Waals surface area (Å²) in [6.07, 6.45) is -4.67. The third-order valence-corrected chi connectivity index (χ3v) is 10.8. The molecule has 52 heavy (non-hydrogen) atoms. The van der Waals surface area contributed by atoms with Crippen LogP contribution in [0.2, 0.25) is 0 Å². The van der Waals surface area contributed by atoms with Crippen molar-refractivity contribution < 1.29 is 68.5 Å². The molecule has 14 heteroatoms. The lowest BCUT2D eigenvalue weighted by atomic mass is 9.56. The van der Waals surface area contributed by atoms with Gasteiger partial charge in [-0.15, -0.1) is 0 Å². The van der Waals surface area contributed by atoms with E-state index in [9.17, 15) is 54.3 Å². The van der Waals surface area contributed by atoms with Crippen LogP contribution in [0.15, 0.2) is 30.3 Å². The number of rotatable bonds is 5. The second kappa shape index (κ2) is 11.0. The van der Waals surface area contributed by atoms with E-state index in [1.165, 1.54) is 58.0 Å². The average molecular weight is 715 g/mol. The first kappa shape index (κ1) is 35.0. The van der Waals surface area contributed by atoms with Crippen LogP contribution in [0.4, 0.5) is 0 Å². The average Bonchev–Trinajstić information content (AvgIpc) is 3.74. The number of phenolic OH excluding ortho intramolecular Hbond substituents is 3. The van der Waals surface area contributed by atoms with Crippen molar-refractivity contribution in [2.24, 2.45) is 5.92 Å². The van der Waals surface area contributed by atoms with Gasteiger partial charge in [0.15, 0.2) is 28.6 Å². The van der Waals surface area contributed by atoms with Crippen molar-refractivity contribution in [3.8, 4) is 28.4 Å². The van der Waals surface area contributed by atoms with Crippen LogP contribution < -0.4 is 0 Å². The van der Waals surface area contributed by atoms with E-state index < -0.39 is 116 Å². The number of carbonyl (C=O) groups excluding carboxylic acids is 6. The van der Waals surface area contributed by atoms with Crippen molar-refractivity contribution in [3.63, 3.8) is 0 Å². The summed E-state index contributed by atoms with van der Waals surface area (Å²) in [6, 6.07) is 6.15. The van der Waals surface area contributed by atoms with Gasteiger partial charge in [0.05, 0.1) is 22.6 Å². The number of hydrogen-bond acceptors (Lipinski definition) is 14. The molecule has 1 aliphatic heterocycles. The van der Waals surface area contributed by atoms with Gasteiger partial charge in [0, 0.05) is 59.2 Å². The Morgan fingerprint density at radius 3 is 2.02 bits per heavy atom. The van der Waals surface area contributed by atoms with Crippen molar-refractivity contribution in [1.82, 2.24) is 0 Å². The maximum absolute atomic E-state index is 14.3. The Kier molecular flexibility index (Phi) is 7.42. The summed E-state index contributed by atoms with van der Waals surface area (Å²) in [5, 5.41) is 57.3. The summed E-state index contributed by atoms with van der Waals surface area (Å²) in [6.45, 7) is 8.13. The quantitative estimate of drug-likeness (QED) is 0.148. The molecule has 1 unspecified atom stereocenters. The SMILES string of the molecule is CC(=O)O[C@H](C)c1c(C)cc(O)c2c1C(=O)c1ccc(-c3ccc4c(c3O)C(O)[C@@]35O[C@]3(C4=O)[C@@H]([C@@H](C)OC(C)=O)[C@@](C)(O)CC5=O)c(O)c1C2=O. The number of aromatic hydroxyl groups is 3. The maximum atomic E-state index is 14.3. The van der Waals surface area contributed by atoms with Crippen molar-refractivity contribution in [3.05, 3.63) is 74.8 Å². The van der Waals surface area contributed by atoms with Gasteiger partial charge in [-0.25, -0.2) is 0 Å². The minimum absolute atomic E-state index is 0.195. The molecule has 5 N–H and O–H groups in total. The van der Waals surface area contributed by atoms with E-state index in [2.05, 4.69) is 0 Å². The maximum Gasteiger partial charge on any atom is 0.303 e. The van der Waals surface area contributed by atoms with Crippen LogP contribution in [0.25, 0.3) is 11.1 Å². The highest BCUT2D eigenvalue weighted by Gasteiger charge is 2.90. The Morgan fingerprint density at radius 2 is 1.40 bits per heavy atom. The minimum atomic E-state index is -2.24. The molecule has 3 aromatic carbocycles. The highest BCUT2D eigenvalue weighted by molar-refractivity contribution is 6.31. The van der Waals surface area contributed by atoms with E-state index in [0.717, 1.165) is 6.92 Å². The number of phenols is 3. The number of ether oxygens (including phenoxy) is 3. The number of benzene rings is 3. The largest absolute Gasteiger partial charge is 0.507 e. The summed E-state index contributed by atoms with van der Waals surface area (Å²) in [4.78, 5) is 79.5. The van der Waals surface area contributed by atoms with E-state index in [-0.39, 0.29) is 33.4 Å². The second-order valence-corrected chi connectivity index (χ2v) is 14.1. The Labute approximate surface area is 295 Å². The van der Waals surface area contributed by atoms with E-state index in [1.807, 2.05) is 0 Å². The fourth-order valence-electron chi connectivity index (χ4n) is 9.03. The molecule has 3 aliphatic carbocycles. The molecular weight excluding hydrogens is 680 g/mol. The van der Waals surface area contributed by atoms with Gasteiger partial charge in [-0.3, -0.25) is 28.8 Å². The number of hydrogen-bond donors (Lipinski definition) is 5. The number of carbonyl (C=O) groups is 6. The lowest BCUT2D eigenvalue weighted by Crippen LogP contribution is -2.65. The second-order valence-electron chi connectivity index (χ2n) is 14.1. The summed E-state index contributed by atoms with van der Waals surface area (Å²) in [5.74, 6) is -8.08. The molecule has 0 amide bonds. The summed E-state index contributed by atoms with van der Waals surface area (Å²) in [5.41, 5.74) is -8.13. The Hall–Kier alpha value is -5.44. The molecule has 7 atom stereocenters. The van der Waals surface area contributed by atoms with Gasteiger partial charge in [0.1, 0.15) is 35.6 Å². The number of aryl methyl sites for hydroxylation is 1. The fourth-order valence-corrected chi connectivity index (χ4v) is 9.03. The summed E-state index contributed by atoms with van der Waals surface area (Å²) in [7, 11) is 0. The number of Topliss-reactive ketones (excluding diaryl/α,β-unsaturated/α-hetero) is 2. The first-order valence-corrected chi connectivity index (χ1v) is 16.5. The van der Waals surface area contributed by atoms with Gasteiger partial charge < -0.3 is 39.7 Å². The topological polar surface area (TPSA) is 235 Å². The van der Waals surface area contributed by atoms with Gasteiger partial charge in [-0.1, -0.05) is 6.07 Å². The molecule has 14 nitrogen and oxygen atoms in total. The first-order chi connectivity index (χ1) is 24.2. The smallest absolute Gasteiger partial charge is 0.303 e. The molecule has 1 saturated carbocycles. The molecule has 1 heterocycles. The molecule has 0 aromatic heterocycles.